The molecule has 1 aromatic carbocycles. The van der Waals surface area contributed by atoms with Crippen molar-refractivity contribution < 1.29 is 13.9 Å². The fraction of sp³-hybridized carbons (Fsp3) is 0.125. The minimum atomic E-state index is -0.661. The molecule has 0 radical (unpaired) electrons. The summed E-state index contributed by atoms with van der Waals surface area (Å²) in [5.74, 6) is -1.04. The van der Waals surface area contributed by atoms with Gasteiger partial charge in [0.2, 0.25) is 0 Å². The lowest BCUT2D eigenvalue weighted by molar-refractivity contribution is 0.280. The van der Waals surface area contributed by atoms with E-state index in [0.29, 0.717) is 5.69 Å². The Morgan fingerprint density at radius 1 is 1.17 bits per heavy atom. The van der Waals surface area contributed by atoms with E-state index in [-0.39, 0.29) is 24.5 Å². The molecule has 2 heterocycles. The molecule has 3 rings (SSSR count). The smallest absolute Gasteiger partial charge is 0.265 e. The van der Waals surface area contributed by atoms with Gasteiger partial charge in [0, 0.05) is 11.9 Å². The standard InChI is InChI=1S/C15H11F2N3O2.CH4/c16-9-3-5-10(6-4-9)18-13-11(8-21)15(22)20-7-1-2-12(17)14(20)19-13;/h1-7,18,21H,8H2;1H4. The largest absolute Gasteiger partial charge is 0.391 e. The van der Waals surface area contributed by atoms with Crippen molar-refractivity contribution in [3.63, 3.8) is 0 Å². The molecule has 0 aliphatic carbocycles. The van der Waals surface area contributed by atoms with E-state index in [0.717, 1.165) is 4.40 Å². The van der Waals surface area contributed by atoms with E-state index in [4.69, 9.17) is 0 Å². The third-order valence-corrected chi connectivity index (χ3v) is 3.17. The average molecular weight is 319 g/mol. The Labute approximate surface area is 130 Å². The number of nitrogens with zero attached hydrogens (tertiary/aromatic N) is 2. The van der Waals surface area contributed by atoms with Crippen LogP contribution in [0.5, 0.6) is 0 Å². The molecule has 120 valence electrons. The number of aromatic nitrogens is 2. The van der Waals surface area contributed by atoms with E-state index in [1.165, 1.54) is 42.6 Å². The molecule has 7 heteroatoms. The van der Waals surface area contributed by atoms with E-state index < -0.39 is 23.8 Å². The first kappa shape index (κ1) is 16.6. The SMILES string of the molecule is C.O=c1c(CO)c(Nc2ccc(F)cc2)nc2c(F)cccn12. The van der Waals surface area contributed by atoms with Crippen LogP contribution in [0.25, 0.3) is 5.65 Å². The predicted octanol–water partition coefficient (Wildman–Crippen LogP) is 2.84. The van der Waals surface area contributed by atoms with Crippen LogP contribution >= 0.6 is 0 Å². The molecule has 23 heavy (non-hydrogen) atoms. The molecular weight excluding hydrogens is 304 g/mol. The topological polar surface area (TPSA) is 66.6 Å². The lowest BCUT2D eigenvalue weighted by Crippen LogP contribution is -2.22. The summed E-state index contributed by atoms with van der Waals surface area (Å²) in [7, 11) is 0. The van der Waals surface area contributed by atoms with Crippen LogP contribution in [-0.4, -0.2) is 14.5 Å². The van der Waals surface area contributed by atoms with Crippen molar-refractivity contribution in [3.05, 3.63) is 70.1 Å². The number of halogens is 2. The maximum absolute atomic E-state index is 13.8. The lowest BCUT2D eigenvalue weighted by atomic mass is 10.2. The van der Waals surface area contributed by atoms with Gasteiger partial charge in [0.15, 0.2) is 11.5 Å². The molecule has 0 amide bonds. The van der Waals surface area contributed by atoms with Gasteiger partial charge in [-0.15, -0.1) is 0 Å². The summed E-state index contributed by atoms with van der Waals surface area (Å²) >= 11 is 0. The van der Waals surface area contributed by atoms with Crippen LogP contribution in [0, 0.1) is 11.6 Å². The fourth-order valence-electron chi connectivity index (χ4n) is 2.08. The van der Waals surface area contributed by atoms with Crippen LogP contribution in [0.2, 0.25) is 0 Å². The normalized spacial score (nSPS) is 10.4. The average Bonchev–Trinajstić information content (AvgIpc) is 2.51. The first-order valence-electron chi connectivity index (χ1n) is 6.43. The Bertz CT molecular complexity index is 892. The number of aliphatic hydroxyl groups is 1. The summed E-state index contributed by atoms with van der Waals surface area (Å²) in [5, 5.41) is 12.2. The Kier molecular flexibility index (Phi) is 4.71. The summed E-state index contributed by atoms with van der Waals surface area (Å²) < 4.78 is 27.7. The molecule has 3 aromatic rings. The number of hydrogen-bond donors (Lipinski definition) is 2. The van der Waals surface area contributed by atoms with Gasteiger partial charge in [-0.05, 0) is 36.4 Å². The highest BCUT2D eigenvalue weighted by Crippen LogP contribution is 2.19. The van der Waals surface area contributed by atoms with Crippen molar-refractivity contribution in [1.29, 1.82) is 0 Å². The van der Waals surface area contributed by atoms with Crippen LogP contribution in [-0.2, 0) is 6.61 Å². The summed E-state index contributed by atoms with van der Waals surface area (Å²) in [4.78, 5) is 16.3. The van der Waals surface area contributed by atoms with Gasteiger partial charge in [-0.25, -0.2) is 13.8 Å². The van der Waals surface area contributed by atoms with Gasteiger partial charge >= 0.3 is 0 Å². The van der Waals surface area contributed by atoms with Crippen LogP contribution in [0.4, 0.5) is 20.3 Å². The van der Waals surface area contributed by atoms with Crippen molar-refractivity contribution in [3.8, 4) is 0 Å². The summed E-state index contributed by atoms with van der Waals surface area (Å²) in [6.45, 7) is -0.561. The second-order valence-electron chi connectivity index (χ2n) is 4.58. The number of benzene rings is 1. The zero-order valence-electron chi connectivity index (χ0n) is 11.3. The monoisotopic (exact) mass is 319 g/mol. The molecule has 0 spiro atoms. The van der Waals surface area contributed by atoms with Crippen molar-refractivity contribution in [1.82, 2.24) is 9.38 Å². The van der Waals surface area contributed by atoms with Crippen molar-refractivity contribution in [2.75, 3.05) is 5.32 Å². The van der Waals surface area contributed by atoms with Gasteiger partial charge in [0.1, 0.15) is 11.6 Å². The van der Waals surface area contributed by atoms with Crippen LogP contribution in [0.15, 0.2) is 47.4 Å². The minimum absolute atomic E-state index is 0. The van der Waals surface area contributed by atoms with E-state index in [1.54, 1.807) is 0 Å². The quantitative estimate of drug-likeness (QED) is 0.779. The Balaban J connectivity index is 0.00000192. The number of aliphatic hydroxyl groups excluding tert-OH is 1. The van der Waals surface area contributed by atoms with Gasteiger partial charge in [-0.1, -0.05) is 7.43 Å². The lowest BCUT2D eigenvalue weighted by Gasteiger charge is -2.11. The molecule has 2 aromatic heterocycles. The molecule has 0 saturated carbocycles. The summed E-state index contributed by atoms with van der Waals surface area (Å²) in [6, 6.07) is 7.91. The molecule has 5 nitrogen and oxygen atoms in total. The van der Waals surface area contributed by atoms with Crippen molar-refractivity contribution in [2.45, 2.75) is 14.0 Å². The zero-order valence-corrected chi connectivity index (χ0v) is 11.3. The fourth-order valence-corrected chi connectivity index (χ4v) is 2.08. The molecule has 0 fully saturated rings. The molecule has 0 unspecified atom stereocenters. The highest BCUT2D eigenvalue weighted by atomic mass is 19.1. The van der Waals surface area contributed by atoms with Gasteiger partial charge in [0.25, 0.3) is 5.56 Å². The highest BCUT2D eigenvalue weighted by molar-refractivity contribution is 5.61. The van der Waals surface area contributed by atoms with Gasteiger partial charge < -0.3 is 10.4 Å². The van der Waals surface area contributed by atoms with E-state index >= 15 is 0 Å². The second-order valence-corrected chi connectivity index (χ2v) is 4.58. The number of fused-ring (bicyclic) bond motifs is 1. The first-order chi connectivity index (χ1) is 10.6. The number of nitrogens with one attached hydrogen (secondary N) is 1. The second kappa shape index (κ2) is 6.53. The number of anilines is 2. The van der Waals surface area contributed by atoms with Crippen molar-refractivity contribution >= 4 is 17.2 Å². The van der Waals surface area contributed by atoms with Crippen LogP contribution < -0.4 is 10.9 Å². The molecular formula is C16H15F2N3O2. The maximum atomic E-state index is 13.8. The predicted molar refractivity (Wildman–Crippen MR) is 83.8 cm³/mol. The third kappa shape index (κ3) is 3.04. The van der Waals surface area contributed by atoms with E-state index in [2.05, 4.69) is 10.3 Å². The summed E-state index contributed by atoms with van der Waals surface area (Å²) in [6.07, 6.45) is 1.37. The molecule has 0 bridgehead atoms. The molecule has 2 N–H and O–H groups in total. The Morgan fingerprint density at radius 2 is 1.87 bits per heavy atom. The highest BCUT2D eigenvalue weighted by Gasteiger charge is 2.14. The molecule has 0 aliphatic rings. The molecule has 0 saturated heterocycles. The van der Waals surface area contributed by atoms with Gasteiger partial charge in [-0.3, -0.25) is 9.20 Å². The Morgan fingerprint density at radius 3 is 2.52 bits per heavy atom. The van der Waals surface area contributed by atoms with Crippen molar-refractivity contribution in [2.24, 2.45) is 0 Å². The number of rotatable bonds is 3. The third-order valence-electron chi connectivity index (χ3n) is 3.17. The molecule has 0 aliphatic heterocycles. The maximum Gasteiger partial charge on any atom is 0.265 e. The number of hydrogen-bond acceptors (Lipinski definition) is 4. The first-order valence-corrected chi connectivity index (χ1v) is 6.43. The van der Waals surface area contributed by atoms with E-state index in [9.17, 15) is 18.7 Å². The Hall–Kier alpha value is -2.80. The summed E-state index contributed by atoms with van der Waals surface area (Å²) in [5.41, 5.74) is -0.276. The minimum Gasteiger partial charge on any atom is -0.391 e. The zero-order chi connectivity index (χ0) is 15.7. The van der Waals surface area contributed by atoms with Crippen LogP contribution in [0.1, 0.15) is 13.0 Å². The number of pyridine rings is 1. The van der Waals surface area contributed by atoms with E-state index in [1.807, 2.05) is 0 Å². The van der Waals surface area contributed by atoms with Gasteiger partial charge in [-0.2, -0.15) is 0 Å². The molecule has 0 atom stereocenters. The van der Waals surface area contributed by atoms with Gasteiger partial charge in [0.05, 0.1) is 12.2 Å². The van der Waals surface area contributed by atoms with Crippen LogP contribution in [0.3, 0.4) is 0 Å².